The smallest absolute Gasteiger partial charge is 0.308 e. The molecular formula is C10H18O2. The number of rotatable bonds is 4. The summed E-state index contributed by atoms with van der Waals surface area (Å²) in [7, 11) is 0. The average molecular weight is 170 g/mol. The first-order valence-corrected chi connectivity index (χ1v) is 4.40. The summed E-state index contributed by atoms with van der Waals surface area (Å²) in [5.41, 5.74) is 1.12. The van der Waals surface area contributed by atoms with Gasteiger partial charge >= 0.3 is 5.97 Å². The van der Waals surface area contributed by atoms with E-state index < -0.39 is 0 Å². The highest BCUT2D eigenvalue weighted by atomic mass is 16.5. The van der Waals surface area contributed by atoms with Gasteiger partial charge in [-0.2, -0.15) is 0 Å². The molecule has 0 amide bonds. The van der Waals surface area contributed by atoms with Crippen molar-refractivity contribution < 1.29 is 9.53 Å². The Morgan fingerprint density at radius 1 is 1.50 bits per heavy atom. The molecule has 0 radical (unpaired) electrons. The lowest BCUT2D eigenvalue weighted by molar-refractivity contribution is -0.146. The number of ether oxygens (including phenoxy) is 1. The molecular weight excluding hydrogens is 152 g/mol. The van der Waals surface area contributed by atoms with E-state index in [0.29, 0.717) is 6.61 Å². The Kier molecular flexibility index (Phi) is 5.43. The Morgan fingerprint density at radius 3 is 2.50 bits per heavy atom. The van der Waals surface area contributed by atoms with E-state index in [9.17, 15) is 4.79 Å². The molecule has 0 aromatic carbocycles. The quantitative estimate of drug-likeness (QED) is 0.478. The first-order chi connectivity index (χ1) is 5.57. The van der Waals surface area contributed by atoms with E-state index in [4.69, 9.17) is 4.74 Å². The molecule has 0 bridgehead atoms. The highest BCUT2D eigenvalue weighted by molar-refractivity contribution is 5.71. The number of carbonyl (C=O) groups is 1. The van der Waals surface area contributed by atoms with E-state index in [2.05, 4.69) is 13.0 Å². The minimum atomic E-state index is -0.126. The van der Waals surface area contributed by atoms with Gasteiger partial charge in [-0.15, -0.1) is 0 Å². The molecule has 0 heterocycles. The third-order valence-electron chi connectivity index (χ3n) is 1.47. The fraction of sp³-hybridized carbons (Fsp3) is 0.700. The van der Waals surface area contributed by atoms with Crippen molar-refractivity contribution in [1.29, 1.82) is 0 Å². The van der Waals surface area contributed by atoms with Crippen LogP contribution < -0.4 is 0 Å². The second kappa shape index (κ2) is 5.81. The van der Waals surface area contributed by atoms with Gasteiger partial charge in [0.25, 0.3) is 0 Å². The zero-order valence-electron chi connectivity index (χ0n) is 8.39. The summed E-state index contributed by atoms with van der Waals surface area (Å²) >= 11 is 0. The van der Waals surface area contributed by atoms with E-state index >= 15 is 0 Å². The van der Waals surface area contributed by atoms with Crippen molar-refractivity contribution in [1.82, 2.24) is 0 Å². The summed E-state index contributed by atoms with van der Waals surface area (Å²) in [5, 5.41) is 0. The Hall–Kier alpha value is -0.790. The van der Waals surface area contributed by atoms with Crippen LogP contribution in [-0.4, -0.2) is 12.6 Å². The molecule has 0 atom stereocenters. The van der Waals surface area contributed by atoms with Crippen molar-refractivity contribution in [3.63, 3.8) is 0 Å². The fourth-order valence-electron chi connectivity index (χ4n) is 0.759. The van der Waals surface area contributed by atoms with Crippen molar-refractivity contribution in [3.8, 4) is 0 Å². The molecule has 0 aromatic rings. The average Bonchev–Trinajstić information content (AvgIpc) is 2.00. The van der Waals surface area contributed by atoms with Crippen molar-refractivity contribution in [2.45, 2.75) is 34.1 Å². The van der Waals surface area contributed by atoms with E-state index in [1.807, 2.05) is 20.8 Å². The van der Waals surface area contributed by atoms with Crippen LogP contribution in [0.3, 0.4) is 0 Å². The monoisotopic (exact) mass is 170 g/mol. The molecule has 0 fully saturated rings. The van der Waals surface area contributed by atoms with Gasteiger partial charge in [0.2, 0.25) is 0 Å². The van der Waals surface area contributed by atoms with Gasteiger partial charge in [-0.3, -0.25) is 4.79 Å². The van der Waals surface area contributed by atoms with Gasteiger partial charge in [-0.1, -0.05) is 26.8 Å². The molecule has 0 spiro atoms. The number of esters is 1. The van der Waals surface area contributed by atoms with Crippen LogP contribution in [0.4, 0.5) is 0 Å². The Labute approximate surface area is 74.6 Å². The van der Waals surface area contributed by atoms with E-state index in [-0.39, 0.29) is 11.9 Å². The molecule has 0 aromatic heterocycles. The summed E-state index contributed by atoms with van der Waals surface area (Å²) in [6.07, 6.45) is 3.05. The molecule has 0 aliphatic heterocycles. The molecule has 0 aliphatic carbocycles. The van der Waals surface area contributed by atoms with Crippen LogP contribution in [-0.2, 0) is 9.53 Å². The summed E-state index contributed by atoms with van der Waals surface area (Å²) in [6.45, 7) is 8.14. The molecule has 0 saturated heterocycles. The second-order valence-electron chi connectivity index (χ2n) is 3.22. The third kappa shape index (κ3) is 4.94. The maximum Gasteiger partial charge on any atom is 0.308 e. The zero-order valence-corrected chi connectivity index (χ0v) is 8.39. The number of allylic oxidation sites excluding steroid dienone is 1. The largest absolute Gasteiger partial charge is 0.461 e. The van der Waals surface area contributed by atoms with Crippen molar-refractivity contribution >= 4 is 5.97 Å². The van der Waals surface area contributed by atoms with Gasteiger partial charge in [-0.25, -0.2) is 0 Å². The number of hydrogen-bond acceptors (Lipinski definition) is 2. The molecule has 12 heavy (non-hydrogen) atoms. The standard InChI is InChI=1S/C10H18O2/c1-5-6-9(4)7-12-10(11)8(2)3/h6,8H,5,7H2,1-4H3. The lowest BCUT2D eigenvalue weighted by Crippen LogP contribution is -2.12. The Balaban J connectivity index is 3.69. The number of hydrogen-bond donors (Lipinski definition) is 0. The molecule has 70 valence electrons. The van der Waals surface area contributed by atoms with Gasteiger partial charge in [0.05, 0.1) is 5.92 Å². The predicted molar refractivity (Wildman–Crippen MR) is 49.8 cm³/mol. The first kappa shape index (κ1) is 11.2. The van der Waals surface area contributed by atoms with Gasteiger partial charge in [-0.05, 0) is 18.9 Å². The summed E-state index contributed by atoms with van der Waals surface area (Å²) in [5.74, 6) is -0.154. The SMILES string of the molecule is CCC=C(C)COC(=O)C(C)C. The minimum absolute atomic E-state index is 0.0283. The van der Waals surface area contributed by atoms with Crippen LogP contribution >= 0.6 is 0 Å². The van der Waals surface area contributed by atoms with Gasteiger partial charge < -0.3 is 4.74 Å². The van der Waals surface area contributed by atoms with Crippen LogP contribution in [0.1, 0.15) is 34.1 Å². The van der Waals surface area contributed by atoms with Crippen molar-refractivity contribution in [3.05, 3.63) is 11.6 Å². The molecule has 2 heteroatoms. The zero-order chi connectivity index (χ0) is 9.56. The van der Waals surface area contributed by atoms with Crippen LogP contribution in [0.2, 0.25) is 0 Å². The van der Waals surface area contributed by atoms with Gasteiger partial charge in [0.1, 0.15) is 6.61 Å². The Bertz CT molecular complexity index is 169. The van der Waals surface area contributed by atoms with Crippen LogP contribution in [0.15, 0.2) is 11.6 Å². The Morgan fingerprint density at radius 2 is 2.08 bits per heavy atom. The molecule has 0 N–H and O–H groups in total. The highest BCUT2D eigenvalue weighted by Crippen LogP contribution is 2.00. The van der Waals surface area contributed by atoms with E-state index in [0.717, 1.165) is 12.0 Å². The van der Waals surface area contributed by atoms with E-state index in [1.54, 1.807) is 0 Å². The molecule has 0 rings (SSSR count). The molecule has 0 saturated carbocycles. The van der Waals surface area contributed by atoms with Gasteiger partial charge in [0.15, 0.2) is 0 Å². The van der Waals surface area contributed by atoms with Crippen LogP contribution in [0.25, 0.3) is 0 Å². The van der Waals surface area contributed by atoms with Crippen LogP contribution in [0, 0.1) is 5.92 Å². The third-order valence-corrected chi connectivity index (χ3v) is 1.47. The van der Waals surface area contributed by atoms with Crippen molar-refractivity contribution in [2.75, 3.05) is 6.61 Å². The second-order valence-corrected chi connectivity index (χ2v) is 3.22. The maximum absolute atomic E-state index is 11.0. The highest BCUT2D eigenvalue weighted by Gasteiger charge is 2.07. The van der Waals surface area contributed by atoms with Crippen molar-refractivity contribution in [2.24, 2.45) is 5.92 Å². The number of carbonyl (C=O) groups excluding carboxylic acids is 1. The molecule has 2 nitrogen and oxygen atoms in total. The lowest BCUT2D eigenvalue weighted by Gasteiger charge is -2.06. The topological polar surface area (TPSA) is 26.3 Å². The summed E-state index contributed by atoms with van der Waals surface area (Å²) in [6, 6.07) is 0. The lowest BCUT2D eigenvalue weighted by atomic mass is 10.2. The maximum atomic E-state index is 11.0. The first-order valence-electron chi connectivity index (χ1n) is 4.40. The minimum Gasteiger partial charge on any atom is -0.461 e. The molecule has 0 aliphatic rings. The molecule has 0 unspecified atom stereocenters. The van der Waals surface area contributed by atoms with E-state index in [1.165, 1.54) is 0 Å². The summed E-state index contributed by atoms with van der Waals surface area (Å²) < 4.78 is 5.01. The predicted octanol–water partition coefficient (Wildman–Crippen LogP) is 2.54. The van der Waals surface area contributed by atoms with Gasteiger partial charge in [0, 0.05) is 0 Å². The summed E-state index contributed by atoms with van der Waals surface area (Å²) in [4.78, 5) is 11.0. The van der Waals surface area contributed by atoms with Crippen LogP contribution in [0.5, 0.6) is 0 Å². The fourth-order valence-corrected chi connectivity index (χ4v) is 0.759. The normalized spacial score (nSPS) is 11.9.